The highest BCUT2D eigenvalue weighted by atomic mass is 16.5. The van der Waals surface area contributed by atoms with Crippen LogP contribution in [0, 0.1) is 5.92 Å². The van der Waals surface area contributed by atoms with Crippen molar-refractivity contribution in [2.75, 3.05) is 24.6 Å². The van der Waals surface area contributed by atoms with Crippen molar-refractivity contribution in [2.45, 2.75) is 51.0 Å². The lowest BCUT2D eigenvalue weighted by molar-refractivity contribution is -0.126. The largest absolute Gasteiger partial charge is 0.378 e. The van der Waals surface area contributed by atoms with Gasteiger partial charge < -0.3 is 15.0 Å². The Morgan fingerprint density at radius 3 is 2.96 bits per heavy atom. The molecule has 5 nitrogen and oxygen atoms in total. The van der Waals surface area contributed by atoms with Crippen LogP contribution in [-0.4, -0.2) is 37.6 Å². The Morgan fingerprint density at radius 1 is 1.24 bits per heavy atom. The maximum absolute atomic E-state index is 12.4. The van der Waals surface area contributed by atoms with Crippen LogP contribution in [0.1, 0.15) is 43.2 Å². The number of benzene rings is 1. The molecule has 25 heavy (non-hydrogen) atoms. The molecule has 2 amide bonds. The monoisotopic (exact) mass is 342 g/mol. The Morgan fingerprint density at radius 2 is 2.12 bits per heavy atom. The van der Waals surface area contributed by atoms with E-state index in [1.54, 1.807) is 4.90 Å². The second-order valence-electron chi connectivity index (χ2n) is 7.43. The minimum atomic E-state index is -0.245. The molecule has 2 saturated heterocycles. The van der Waals surface area contributed by atoms with Crippen LogP contribution in [0.2, 0.25) is 0 Å². The van der Waals surface area contributed by atoms with E-state index in [1.165, 1.54) is 17.5 Å². The van der Waals surface area contributed by atoms with Gasteiger partial charge in [0.2, 0.25) is 11.8 Å². The summed E-state index contributed by atoms with van der Waals surface area (Å²) in [7, 11) is 0. The maximum Gasteiger partial charge on any atom is 0.227 e. The average Bonchev–Trinajstić information content (AvgIpc) is 3.34. The summed E-state index contributed by atoms with van der Waals surface area (Å²) in [5.41, 5.74) is 3.70. The van der Waals surface area contributed by atoms with Crippen LogP contribution in [-0.2, 0) is 27.2 Å². The van der Waals surface area contributed by atoms with Crippen LogP contribution >= 0.6 is 0 Å². The number of ether oxygens (including phenoxy) is 1. The number of carbonyl (C=O) groups is 2. The molecule has 1 aliphatic carbocycles. The topological polar surface area (TPSA) is 58.6 Å². The first-order valence-corrected chi connectivity index (χ1v) is 9.52. The summed E-state index contributed by atoms with van der Waals surface area (Å²) in [5.74, 6) is -0.197. The van der Waals surface area contributed by atoms with Crippen molar-refractivity contribution in [3.05, 3.63) is 29.3 Å². The molecule has 2 unspecified atom stereocenters. The lowest BCUT2D eigenvalue weighted by Gasteiger charge is -2.18. The molecule has 1 N–H and O–H groups in total. The van der Waals surface area contributed by atoms with Crippen LogP contribution in [0.5, 0.6) is 0 Å². The van der Waals surface area contributed by atoms with Crippen LogP contribution < -0.4 is 10.2 Å². The Bertz CT molecular complexity index is 667. The highest BCUT2D eigenvalue weighted by Gasteiger charge is 2.35. The quantitative estimate of drug-likeness (QED) is 0.892. The summed E-state index contributed by atoms with van der Waals surface area (Å²) in [6.07, 6.45) is 7.09. The van der Waals surface area contributed by atoms with Gasteiger partial charge in [0.1, 0.15) is 0 Å². The van der Waals surface area contributed by atoms with E-state index in [4.69, 9.17) is 4.74 Å². The van der Waals surface area contributed by atoms with Gasteiger partial charge in [0.25, 0.3) is 0 Å². The third kappa shape index (κ3) is 3.56. The fraction of sp³-hybridized carbons (Fsp3) is 0.600. The van der Waals surface area contributed by atoms with E-state index < -0.39 is 0 Å². The fourth-order valence-corrected chi connectivity index (χ4v) is 4.23. The summed E-state index contributed by atoms with van der Waals surface area (Å²) in [6.45, 7) is 1.96. The van der Waals surface area contributed by atoms with E-state index in [0.717, 1.165) is 44.4 Å². The number of rotatable bonds is 5. The van der Waals surface area contributed by atoms with Crippen molar-refractivity contribution in [1.82, 2.24) is 5.32 Å². The van der Waals surface area contributed by atoms with E-state index in [-0.39, 0.29) is 23.8 Å². The van der Waals surface area contributed by atoms with Crippen molar-refractivity contribution >= 4 is 17.5 Å². The Balaban J connectivity index is 1.32. The SMILES string of the molecule is O=C(NCCC1CCCO1)C1CC(=O)N(c2ccc3c(c2)CCC3)C1. The minimum Gasteiger partial charge on any atom is -0.378 e. The van der Waals surface area contributed by atoms with Gasteiger partial charge in [-0.05, 0) is 61.8 Å². The molecule has 0 aromatic heterocycles. The molecule has 1 aromatic carbocycles. The second kappa shape index (κ2) is 7.16. The van der Waals surface area contributed by atoms with Gasteiger partial charge in [0.05, 0.1) is 12.0 Å². The molecule has 134 valence electrons. The molecule has 3 aliphatic rings. The predicted molar refractivity (Wildman–Crippen MR) is 95.5 cm³/mol. The molecule has 1 aromatic rings. The number of hydrogen-bond acceptors (Lipinski definition) is 3. The molecule has 0 radical (unpaired) electrons. The van der Waals surface area contributed by atoms with Gasteiger partial charge in [0, 0.05) is 31.8 Å². The van der Waals surface area contributed by atoms with Gasteiger partial charge in [-0.3, -0.25) is 9.59 Å². The predicted octanol–water partition coefficient (Wildman–Crippen LogP) is 2.21. The first-order valence-electron chi connectivity index (χ1n) is 9.52. The van der Waals surface area contributed by atoms with Gasteiger partial charge in [-0.25, -0.2) is 0 Å². The number of hydrogen-bond donors (Lipinski definition) is 1. The Labute approximate surface area is 148 Å². The van der Waals surface area contributed by atoms with Gasteiger partial charge in [0.15, 0.2) is 0 Å². The zero-order valence-electron chi connectivity index (χ0n) is 14.6. The molecule has 2 atom stereocenters. The summed E-state index contributed by atoms with van der Waals surface area (Å²) < 4.78 is 5.58. The molecule has 0 bridgehead atoms. The number of nitrogens with one attached hydrogen (secondary N) is 1. The zero-order valence-corrected chi connectivity index (χ0v) is 14.6. The van der Waals surface area contributed by atoms with Crippen molar-refractivity contribution in [1.29, 1.82) is 0 Å². The molecule has 5 heteroatoms. The van der Waals surface area contributed by atoms with Crippen molar-refractivity contribution in [2.24, 2.45) is 5.92 Å². The number of nitrogens with zero attached hydrogens (tertiary/aromatic N) is 1. The zero-order chi connectivity index (χ0) is 17.2. The molecular formula is C20H26N2O3. The lowest BCUT2D eigenvalue weighted by Crippen LogP contribution is -2.34. The van der Waals surface area contributed by atoms with Gasteiger partial charge >= 0.3 is 0 Å². The van der Waals surface area contributed by atoms with E-state index in [9.17, 15) is 9.59 Å². The van der Waals surface area contributed by atoms with E-state index in [1.807, 2.05) is 6.07 Å². The van der Waals surface area contributed by atoms with Crippen LogP contribution in [0.3, 0.4) is 0 Å². The third-order valence-electron chi connectivity index (χ3n) is 5.68. The van der Waals surface area contributed by atoms with E-state index >= 15 is 0 Å². The van der Waals surface area contributed by atoms with E-state index in [2.05, 4.69) is 17.4 Å². The van der Waals surface area contributed by atoms with Crippen LogP contribution in [0.15, 0.2) is 18.2 Å². The molecular weight excluding hydrogens is 316 g/mol. The van der Waals surface area contributed by atoms with Gasteiger partial charge in [-0.1, -0.05) is 6.07 Å². The number of amides is 2. The van der Waals surface area contributed by atoms with E-state index in [0.29, 0.717) is 19.5 Å². The number of carbonyl (C=O) groups excluding carboxylic acids is 2. The number of aryl methyl sites for hydroxylation is 2. The second-order valence-corrected chi connectivity index (χ2v) is 7.43. The molecule has 4 rings (SSSR count). The maximum atomic E-state index is 12.4. The van der Waals surface area contributed by atoms with Crippen LogP contribution in [0.4, 0.5) is 5.69 Å². The first kappa shape index (κ1) is 16.6. The van der Waals surface area contributed by atoms with Crippen molar-refractivity contribution in [3.63, 3.8) is 0 Å². The Hall–Kier alpha value is -1.88. The molecule has 2 aliphatic heterocycles. The molecule has 2 heterocycles. The van der Waals surface area contributed by atoms with Gasteiger partial charge in [-0.2, -0.15) is 0 Å². The van der Waals surface area contributed by atoms with Crippen LogP contribution in [0.25, 0.3) is 0 Å². The lowest BCUT2D eigenvalue weighted by atomic mass is 10.1. The normalized spacial score (nSPS) is 25.4. The molecule has 0 saturated carbocycles. The average molecular weight is 342 g/mol. The first-order chi connectivity index (χ1) is 12.2. The third-order valence-corrected chi connectivity index (χ3v) is 5.68. The highest BCUT2D eigenvalue weighted by molar-refractivity contribution is 6.00. The fourth-order valence-electron chi connectivity index (χ4n) is 4.23. The number of fused-ring (bicyclic) bond motifs is 1. The number of anilines is 1. The smallest absolute Gasteiger partial charge is 0.227 e. The Kier molecular flexibility index (Phi) is 4.75. The minimum absolute atomic E-state index is 0.00462. The highest BCUT2D eigenvalue weighted by Crippen LogP contribution is 2.30. The molecule has 2 fully saturated rings. The molecule has 0 spiro atoms. The summed E-state index contributed by atoms with van der Waals surface area (Å²) in [5, 5.41) is 2.99. The standard InChI is InChI=1S/C20H26N2O3/c23-19-12-16(20(24)21-9-8-18-5-2-10-25-18)13-22(19)17-7-6-14-3-1-4-15(14)11-17/h6-7,11,16,18H,1-5,8-10,12-13H2,(H,21,24). The van der Waals surface area contributed by atoms with Gasteiger partial charge in [-0.15, -0.1) is 0 Å². The van der Waals surface area contributed by atoms with Crippen molar-refractivity contribution in [3.8, 4) is 0 Å². The summed E-state index contributed by atoms with van der Waals surface area (Å²) in [6, 6.07) is 6.30. The van der Waals surface area contributed by atoms with Crippen molar-refractivity contribution < 1.29 is 14.3 Å². The summed E-state index contributed by atoms with van der Waals surface area (Å²) in [4.78, 5) is 26.6. The summed E-state index contributed by atoms with van der Waals surface area (Å²) >= 11 is 0.